The number of amides is 3. The molecular weight excluding hydrogens is 454 g/mol. The molecule has 3 aliphatic rings. The fourth-order valence-electron chi connectivity index (χ4n) is 5.63. The fraction of sp³-hybridized carbons (Fsp3) is 0.393. The van der Waals surface area contributed by atoms with Gasteiger partial charge in [0.25, 0.3) is 5.91 Å². The number of anilines is 1. The van der Waals surface area contributed by atoms with Gasteiger partial charge in [0.2, 0.25) is 0 Å². The molecule has 6 rings (SSSR count). The smallest absolute Gasteiger partial charge is 0.325 e. The first-order chi connectivity index (χ1) is 17.6. The molecule has 186 valence electrons. The molecule has 2 N–H and O–H groups in total. The molecule has 1 saturated carbocycles. The summed E-state index contributed by atoms with van der Waals surface area (Å²) >= 11 is 0. The molecule has 3 amide bonds. The monoisotopic (exact) mass is 485 g/mol. The van der Waals surface area contributed by atoms with Crippen molar-refractivity contribution in [3.8, 4) is 11.1 Å². The highest BCUT2D eigenvalue weighted by molar-refractivity contribution is 5.96. The Labute approximate surface area is 210 Å². The molecule has 2 saturated heterocycles. The minimum absolute atomic E-state index is 0.0376. The number of hydrogen-bond donors (Lipinski definition) is 2. The topological polar surface area (TPSA) is 90.6 Å². The van der Waals surface area contributed by atoms with Gasteiger partial charge in [0.1, 0.15) is 0 Å². The third-order valence-corrected chi connectivity index (χ3v) is 7.97. The Morgan fingerprint density at radius 1 is 1.06 bits per heavy atom. The number of rotatable bonds is 7. The molecule has 2 unspecified atom stereocenters. The third-order valence-electron chi connectivity index (χ3n) is 7.97. The molecule has 3 aromatic rings. The zero-order valence-corrected chi connectivity index (χ0v) is 20.2. The average Bonchev–Trinajstić information content (AvgIpc) is 3.32. The number of nitrogens with one attached hydrogen (secondary N) is 2. The van der Waals surface area contributed by atoms with Gasteiger partial charge in [-0.05, 0) is 60.9 Å². The Bertz CT molecular complexity index is 1210. The summed E-state index contributed by atoms with van der Waals surface area (Å²) in [7, 11) is 0. The number of nitrogens with zero attached hydrogens (tertiary/aromatic N) is 3. The van der Waals surface area contributed by atoms with Crippen molar-refractivity contribution in [3.63, 3.8) is 0 Å². The van der Waals surface area contributed by atoms with Crippen LogP contribution < -0.4 is 10.2 Å². The Balaban J connectivity index is 1.13. The van der Waals surface area contributed by atoms with E-state index in [4.69, 9.17) is 4.74 Å². The summed E-state index contributed by atoms with van der Waals surface area (Å²) < 4.78 is 5.67. The molecule has 1 aliphatic carbocycles. The van der Waals surface area contributed by atoms with Crippen molar-refractivity contribution in [2.24, 2.45) is 11.8 Å². The van der Waals surface area contributed by atoms with Gasteiger partial charge in [-0.2, -0.15) is 5.10 Å². The Hall–Kier alpha value is -3.65. The lowest BCUT2D eigenvalue weighted by atomic mass is 9.89. The van der Waals surface area contributed by atoms with Crippen LogP contribution in [0.25, 0.3) is 11.1 Å². The highest BCUT2D eigenvalue weighted by atomic mass is 16.5. The van der Waals surface area contributed by atoms with Crippen LogP contribution in [0.5, 0.6) is 0 Å². The van der Waals surface area contributed by atoms with E-state index < -0.39 is 0 Å². The van der Waals surface area contributed by atoms with Crippen molar-refractivity contribution in [1.29, 1.82) is 0 Å². The SMILES string of the molecule is O=C(NCC1CC1CN1C(=O)N(c2ccc(-c3cn[nH]c3)cc2)CC12CCOCC2)c1ccccc1. The Morgan fingerprint density at radius 3 is 2.56 bits per heavy atom. The van der Waals surface area contributed by atoms with Gasteiger partial charge in [-0.3, -0.25) is 14.8 Å². The van der Waals surface area contributed by atoms with Gasteiger partial charge in [-0.1, -0.05) is 30.3 Å². The molecule has 36 heavy (non-hydrogen) atoms. The lowest BCUT2D eigenvalue weighted by Gasteiger charge is -2.40. The van der Waals surface area contributed by atoms with Crippen LogP contribution in [0.3, 0.4) is 0 Å². The van der Waals surface area contributed by atoms with Gasteiger partial charge < -0.3 is 15.0 Å². The van der Waals surface area contributed by atoms with Crippen LogP contribution in [0.2, 0.25) is 0 Å². The zero-order valence-electron chi connectivity index (χ0n) is 20.2. The van der Waals surface area contributed by atoms with E-state index in [1.807, 2.05) is 65.7 Å². The Morgan fingerprint density at radius 2 is 1.83 bits per heavy atom. The molecule has 1 aromatic heterocycles. The molecule has 8 heteroatoms. The van der Waals surface area contributed by atoms with E-state index in [0.717, 1.165) is 42.6 Å². The quantitative estimate of drug-likeness (QED) is 0.531. The number of hydrogen-bond acceptors (Lipinski definition) is 4. The summed E-state index contributed by atoms with van der Waals surface area (Å²) in [6.07, 6.45) is 6.39. The van der Waals surface area contributed by atoms with Crippen molar-refractivity contribution in [2.75, 3.05) is 37.7 Å². The van der Waals surface area contributed by atoms with Gasteiger partial charge in [0.15, 0.2) is 0 Å². The highest BCUT2D eigenvalue weighted by Gasteiger charge is 2.53. The summed E-state index contributed by atoms with van der Waals surface area (Å²) in [5.41, 5.74) is 3.49. The second-order valence-electron chi connectivity index (χ2n) is 10.2. The molecule has 2 atom stereocenters. The van der Waals surface area contributed by atoms with Crippen LogP contribution in [0.4, 0.5) is 10.5 Å². The van der Waals surface area contributed by atoms with Gasteiger partial charge >= 0.3 is 6.03 Å². The summed E-state index contributed by atoms with van der Waals surface area (Å²) in [6, 6.07) is 17.5. The lowest BCUT2D eigenvalue weighted by Crippen LogP contribution is -2.51. The highest BCUT2D eigenvalue weighted by Crippen LogP contribution is 2.44. The summed E-state index contributed by atoms with van der Waals surface area (Å²) in [5, 5.41) is 9.94. The van der Waals surface area contributed by atoms with Gasteiger partial charge in [0, 0.05) is 49.3 Å². The second kappa shape index (κ2) is 9.43. The summed E-state index contributed by atoms with van der Waals surface area (Å²) in [5.74, 6) is 0.781. The lowest BCUT2D eigenvalue weighted by molar-refractivity contribution is 0.00692. The molecule has 2 aliphatic heterocycles. The largest absolute Gasteiger partial charge is 0.381 e. The standard InChI is InChI=1S/C28H31N5O3/c34-26(21-4-2-1-3-5-21)29-15-22-14-23(22)18-33-27(35)32(19-28(33)10-12-36-13-11-28)25-8-6-20(7-9-25)24-16-30-31-17-24/h1-9,16-17,22-23H,10-15,18-19H2,(H,29,34)(H,30,31). The van der Waals surface area contributed by atoms with Crippen molar-refractivity contribution in [1.82, 2.24) is 20.4 Å². The van der Waals surface area contributed by atoms with E-state index in [0.29, 0.717) is 43.7 Å². The van der Waals surface area contributed by atoms with E-state index in [1.165, 1.54) is 0 Å². The number of aromatic amines is 1. The number of carbonyl (C=O) groups excluding carboxylic acids is 2. The molecule has 1 spiro atoms. The molecule has 2 aromatic carbocycles. The summed E-state index contributed by atoms with van der Waals surface area (Å²) in [6.45, 7) is 3.42. The van der Waals surface area contributed by atoms with Crippen molar-refractivity contribution in [2.45, 2.75) is 24.8 Å². The zero-order chi connectivity index (χ0) is 24.5. The Kier molecular flexibility index (Phi) is 5.97. The van der Waals surface area contributed by atoms with Crippen molar-refractivity contribution >= 4 is 17.6 Å². The van der Waals surface area contributed by atoms with E-state index in [1.54, 1.807) is 6.20 Å². The van der Waals surface area contributed by atoms with E-state index in [2.05, 4.69) is 20.4 Å². The van der Waals surface area contributed by atoms with Crippen LogP contribution in [0.15, 0.2) is 67.0 Å². The second-order valence-corrected chi connectivity index (χ2v) is 10.2. The van der Waals surface area contributed by atoms with E-state index in [-0.39, 0.29) is 17.5 Å². The number of H-pyrrole nitrogens is 1. The maximum atomic E-state index is 13.7. The van der Waals surface area contributed by atoms with Crippen LogP contribution >= 0.6 is 0 Å². The van der Waals surface area contributed by atoms with Crippen molar-refractivity contribution < 1.29 is 14.3 Å². The predicted octanol–water partition coefficient (Wildman–Crippen LogP) is 3.93. The normalized spacial score (nSPS) is 22.7. The molecule has 0 radical (unpaired) electrons. The third kappa shape index (κ3) is 4.37. The number of carbonyl (C=O) groups is 2. The molecular formula is C28H31N5O3. The fourth-order valence-corrected chi connectivity index (χ4v) is 5.63. The minimum Gasteiger partial charge on any atom is -0.381 e. The molecule has 3 heterocycles. The predicted molar refractivity (Wildman–Crippen MR) is 137 cm³/mol. The first kappa shape index (κ1) is 22.8. The van der Waals surface area contributed by atoms with Gasteiger partial charge in [-0.15, -0.1) is 0 Å². The average molecular weight is 486 g/mol. The number of urea groups is 1. The van der Waals surface area contributed by atoms with Gasteiger partial charge in [-0.25, -0.2) is 4.79 Å². The van der Waals surface area contributed by atoms with E-state index >= 15 is 0 Å². The maximum Gasteiger partial charge on any atom is 0.325 e. The van der Waals surface area contributed by atoms with Crippen LogP contribution in [0, 0.1) is 11.8 Å². The van der Waals surface area contributed by atoms with Crippen LogP contribution in [-0.2, 0) is 4.74 Å². The van der Waals surface area contributed by atoms with E-state index in [9.17, 15) is 9.59 Å². The van der Waals surface area contributed by atoms with Gasteiger partial charge in [0.05, 0.1) is 18.3 Å². The summed E-state index contributed by atoms with van der Waals surface area (Å²) in [4.78, 5) is 30.2. The van der Waals surface area contributed by atoms with Crippen LogP contribution in [-0.4, -0.2) is 65.4 Å². The molecule has 3 fully saturated rings. The first-order valence-corrected chi connectivity index (χ1v) is 12.7. The first-order valence-electron chi connectivity index (χ1n) is 12.7. The molecule has 8 nitrogen and oxygen atoms in total. The number of aromatic nitrogens is 2. The number of ether oxygens (including phenoxy) is 1. The number of benzene rings is 2. The minimum atomic E-state index is -0.195. The molecule has 0 bridgehead atoms. The van der Waals surface area contributed by atoms with Crippen LogP contribution in [0.1, 0.15) is 29.6 Å². The maximum absolute atomic E-state index is 13.7. The van der Waals surface area contributed by atoms with Crippen molar-refractivity contribution in [3.05, 3.63) is 72.6 Å².